The van der Waals surface area contributed by atoms with Crippen LogP contribution in [0, 0.1) is 0 Å². The zero-order valence-corrected chi connectivity index (χ0v) is 29.1. The Kier molecular flexibility index (Phi) is 11.7. The number of alkyl halides is 3. The average molecular weight is 697 g/mol. The molecule has 0 amide bonds. The molecule has 262 valence electrons. The summed E-state index contributed by atoms with van der Waals surface area (Å²) in [5, 5.41) is 20.1. The van der Waals surface area contributed by atoms with Crippen LogP contribution in [-0.2, 0) is 45.2 Å². The predicted octanol–water partition coefficient (Wildman–Crippen LogP) is 9.15. The van der Waals surface area contributed by atoms with E-state index < -0.39 is 11.7 Å². The quantitative estimate of drug-likeness (QED) is 0.172. The number of aromatic hydroxyl groups is 2. The van der Waals surface area contributed by atoms with Gasteiger partial charge in [-0.05, 0) is 121 Å². The third-order valence-electron chi connectivity index (χ3n) is 9.63. The highest BCUT2D eigenvalue weighted by Crippen LogP contribution is 2.35. The van der Waals surface area contributed by atoms with Gasteiger partial charge in [0.15, 0.2) is 23.0 Å². The molecule has 4 aromatic carbocycles. The van der Waals surface area contributed by atoms with Gasteiger partial charge in [-0.25, -0.2) is 0 Å². The molecule has 2 atom stereocenters. The van der Waals surface area contributed by atoms with E-state index in [0.29, 0.717) is 30.6 Å². The third-order valence-corrected chi connectivity index (χ3v) is 9.87. The fraction of sp³-hybridized carbons (Fsp3) is 0.385. The number of benzene rings is 4. The number of halogens is 4. The Bertz CT molecular complexity index is 1750. The maximum absolute atomic E-state index is 12.9. The number of phenols is 2. The van der Waals surface area contributed by atoms with Gasteiger partial charge < -0.3 is 19.7 Å². The van der Waals surface area contributed by atoms with Gasteiger partial charge in [-0.3, -0.25) is 9.80 Å². The van der Waals surface area contributed by atoms with E-state index in [4.69, 9.17) is 21.1 Å². The van der Waals surface area contributed by atoms with E-state index in [-0.39, 0.29) is 17.5 Å². The second kappa shape index (κ2) is 15.7. The van der Waals surface area contributed by atoms with Crippen molar-refractivity contribution in [3.05, 3.63) is 117 Å². The van der Waals surface area contributed by atoms with Crippen LogP contribution in [0.4, 0.5) is 13.2 Å². The molecule has 6 rings (SSSR count). The van der Waals surface area contributed by atoms with Crippen molar-refractivity contribution in [3.8, 4) is 23.0 Å². The molecule has 0 aromatic heterocycles. The first-order valence-corrected chi connectivity index (χ1v) is 16.9. The molecule has 0 radical (unpaired) electrons. The monoisotopic (exact) mass is 696 g/mol. The Morgan fingerprint density at radius 3 is 1.57 bits per heavy atom. The summed E-state index contributed by atoms with van der Waals surface area (Å²) < 4.78 is 48.9. The molecule has 0 bridgehead atoms. The maximum Gasteiger partial charge on any atom is 0.416 e. The normalized spacial score (nSPS) is 15.6. The first-order chi connectivity index (χ1) is 23.3. The molecule has 0 unspecified atom stereocenters. The van der Waals surface area contributed by atoms with Crippen molar-refractivity contribution < 1.29 is 32.9 Å². The lowest BCUT2D eigenvalue weighted by atomic mass is 10.0. The van der Waals surface area contributed by atoms with E-state index in [1.807, 2.05) is 30.3 Å². The summed E-state index contributed by atoms with van der Waals surface area (Å²) in [6.45, 7) is 7.54. The summed E-state index contributed by atoms with van der Waals surface area (Å²) in [5.41, 5.74) is 6.12. The number of methoxy groups -OCH3 is 2. The lowest BCUT2D eigenvalue weighted by Gasteiger charge is -2.23. The summed E-state index contributed by atoms with van der Waals surface area (Å²) in [5.74, 6) is 1.29. The van der Waals surface area contributed by atoms with E-state index in [1.165, 1.54) is 29.9 Å². The van der Waals surface area contributed by atoms with E-state index in [2.05, 4.69) is 35.8 Å². The van der Waals surface area contributed by atoms with Gasteiger partial charge in [-0.15, -0.1) is 0 Å². The van der Waals surface area contributed by atoms with E-state index >= 15 is 0 Å². The van der Waals surface area contributed by atoms with E-state index in [0.717, 1.165) is 66.6 Å². The second-order valence-corrected chi connectivity index (χ2v) is 13.4. The van der Waals surface area contributed by atoms with Gasteiger partial charge >= 0.3 is 6.18 Å². The van der Waals surface area contributed by atoms with Gasteiger partial charge in [0, 0.05) is 43.3 Å². The minimum absolute atomic E-state index is 0.111. The fourth-order valence-corrected chi connectivity index (χ4v) is 6.68. The predicted molar refractivity (Wildman–Crippen MR) is 186 cm³/mol. The molecule has 2 heterocycles. The molecule has 2 N–H and O–H groups in total. The van der Waals surface area contributed by atoms with Crippen molar-refractivity contribution in [1.82, 2.24) is 9.80 Å². The molecular weight excluding hydrogens is 653 g/mol. The minimum Gasteiger partial charge on any atom is -0.504 e. The van der Waals surface area contributed by atoms with Gasteiger partial charge in [-0.1, -0.05) is 35.9 Å². The number of fused-ring (bicyclic) bond motifs is 2. The zero-order chi connectivity index (χ0) is 35.3. The topological polar surface area (TPSA) is 65.4 Å². The SMILES string of the molecule is COc1cc(CC[C@@H](C)N2Cc3ccc(C(F)(F)F)cc3C2)ccc1O.COc1cc(CC[C@@H](C)N2Cc3ccc(Cl)cc3C2)ccc1O. The second-order valence-electron chi connectivity index (χ2n) is 13.0. The molecule has 10 heteroatoms. The molecule has 49 heavy (non-hydrogen) atoms. The molecule has 0 aliphatic carbocycles. The van der Waals surface area contributed by atoms with Crippen LogP contribution in [0.3, 0.4) is 0 Å². The van der Waals surface area contributed by atoms with Crippen molar-refractivity contribution in [3.63, 3.8) is 0 Å². The van der Waals surface area contributed by atoms with Gasteiger partial charge in [0.25, 0.3) is 0 Å². The Balaban J connectivity index is 0.000000192. The van der Waals surface area contributed by atoms with Crippen LogP contribution in [0.5, 0.6) is 23.0 Å². The van der Waals surface area contributed by atoms with Crippen molar-refractivity contribution in [1.29, 1.82) is 0 Å². The molecule has 6 nitrogen and oxygen atoms in total. The van der Waals surface area contributed by atoms with Crippen molar-refractivity contribution in [2.45, 2.75) is 84.0 Å². The summed E-state index contributed by atoms with van der Waals surface area (Å²) in [7, 11) is 3.09. The van der Waals surface area contributed by atoms with Gasteiger partial charge in [0.2, 0.25) is 0 Å². The first kappa shape index (κ1) is 36.4. The number of nitrogens with zero attached hydrogens (tertiary/aromatic N) is 2. The van der Waals surface area contributed by atoms with Crippen LogP contribution in [0.25, 0.3) is 0 Å². The molecule has 2 aliphatic rings. The maximum atomic E-state index is 12.9. The molecule has 0 spiro atoms. The number of hydrogen-bond acceptors (Lipinski definition) is 6. The van der Waals surface area contributed by atoms with Gasteiger partial charge in [0.1, 0.15) is 0 Å². The molecule has 0 saturated carbocycles. The zero-order valence-electron chi connectivity index (χ0n) is 28.4. The fourth-order valence-electron chi connectivity index (χ4n) is 6.48. The number of hydrogen-bond donors (Lipinski definition) is 2. The van der Waals surface area contributed by atoms with Crippen LogP contribution in [0.1, 0.15) is 65.6 Å². The smallest absolute Gasteiger partial charge is 0.416 e. The van der Waals surface area contributed by atoms with Crippen molar-refractivity contribution >= 4 is 11.6 Å². The van der Waals surface area contributed by atoms with E-state index in [9.17, 15) is 23.4 Å². The van der Waals surface area contributed by atoms with Gasteiger partial charge in [0.05, 0.1) is 19.8 Å². The lowest BCUT2D eigenvalue weighted by molar-refractivity contribution is -0.137. The Morgan fingerprint density at radius 2 is 1.10 bits per heavy atom. The lowest BCUT2D eigenvalue weighted by Crippen LogP contribution is -2.28. The van der Waals surface area contributed by atoms with Gasteiger partial charge in [-0.2, -0.15) is 13.2 Å². The molecule has 0 saturated heterocycles. The van der Waals surface area contributed by atoms with Crippen molar-refractivity contribution in [2.24, 2.45) is 0 Å². The Labute approximate surface area is 291 Å². The summed E-state index contributed by atoms with van der Waals surface area (Å²) in [6, 6.07) is 21.8. The van der Waals surface area contributed by atoms with Crippen LogP contribution < -0.4 is 9.47 Å². The van der Waals surface area contributed by atoms with Crippen LogP contribution in [0.15, 0.2) is 72.8 Å². The molecule has 2 aliphatic heterocycles. The third kappa shape index (κ3) is 9.21. The number of phenolic OH excluding ortho intramolecular Hbond substituents is 2. The summed E-state index contributed by atoms with van der Waals surface area (Å²) in [6.07, 6.45) is -0.598. The number of aryl methyl sites for hydroxylation is 2. The minimum atomic E-state index is -4.30. The standard InChI is InChI=1S/C20H22F3NO2.C19H22ClNO2/c1-13(3-4-14-5-8-18(25)19(9-14)26-2)24-11-15-6-7-17(20(21,22)23)10-16(15)12-24;1-13(3-4-14-5-8-18(22)19(9-14)23-2)21-11-15-6-7-17(20)10-16(15)12-21/h5-10,13,25H,3-4,11-12H2,1-2H3;5-10,13,22H,3-4,11-12H2,1-2H3/t2*13-/m11/s1. The highest BCUT2D eigenvalue weighted by Gasteiger charge is 2.33. The molecule has 4 aromatic rings. The highest BCUT2D eigenvalue weighted by atomic mass is 35.5. The summed E-state index contributed by atoms with van der Waals surface area (Å²) in [4.78, 5) is 4.68. The first-order valence-electron chi connectivity index (χ1n) is 16.5. The van der Waals surface area contributed by atoms with Crippen molar-refractivity contribution in [2.75, 3.05) is 14.2 Å². The number of ether oxygens (including phenoxy) is 2. The molecular formula is C39H44ClF3N2O4. The van der Waals surface area contributed by atoms with Crippen LogP contribution in [-0.4, -0.2) is 46.3 Å². The largest absolute Gasteiger partial charge is 0.504 e. The Hall–Kier alpha value is -3.92. The van der Waals surface area contributed by atoms with Crippen LogP contribution >= 0.6 is 11.6 Å². The van der Waals surface area contributed by atoms with E-state index in [1.54, 1.807) is 25.3 Å². The highest BCUT2D eigenvalue weighted by molar-refractivity contribution is 6.30. The Morgan fingerprint density at radius 1 is 0.653 bits per heavy atom. The average Bonchev–Trinajstić information content (AvgIpc) is 3.71. The summed E-state index contributed by atoms with van der Waals surface area (Å²) >= 11 is 6.08. The van der Waals surface area contributed by atoms with Crippen LogP contribution in [0.2, 0.25) is 5.02 Å². The number of rotatable bonds is 10. The molecule has 0 fully saturated rings.